The zero-order valence-corrected chi connectivity index (χ0v) is 11.9. The molecule has 1 rings (SSSR count). The van der Waals surface area contributed by atoms with Gasteiger partial charge in [-0.1, -0.05) is 33.6 Å². The fourth-order valence-corrected chi connectivity index (χ4v) is 3.62. The zero-order chi connectivity index (χ0) is 13.1. The lowest BCUT2D eigenvalue weighted by atomic mass is 9.87. The zero-order valence-electron chi connectivity index (χ0n) is 11.1. The maximum Gasteiger partial charge on any atom is 0.209 e. The summed E-state index contributed by atoms with van der Waals surface area (Å²) in [7, 11) is -3.43. The van der Waals surface area contributed by atoms with Crippen molar-refractivity contribution < 1.29 is 13.2 Å². The van der Waals surface area contributed by atoms with Crippen LogP contribution in [0.2, 0.25) is 0 Å². The van der Waals surface area contributed by atoms with Gasteiger partial charge < -0.3 is 4.74 Å². The molecule has 0 aromatic carbocycles. The molecular weight excluding hydrogens is 238 g/mol. The fourth-order valence-electron chi connectivity index (χ4n) is 2.45. The van der Waals surface area contributed by atoms with E-state index < -0.39 is 15.4 Å². The van der Waals surface area contributed by atoms with Crippen LogP contribution < -0.4 is 5.14 Å². The molecule has 0 aliphatic heterocycles. The molecule has 1 aliphatic carbocycles. The minimum atomic E-state index is -3.43. The smallest absolute Gasteiger partial charge is 0.209 e. The predicted molar refractivity (Wildman–Crippen MR) is 69.1 cm³/mol. The van der Waals surface area contributed by atoms with Crippen molar-refractivity contribution >= 4 is 10.0 Å². The molecule has 0 saturated heterocycles. The van der Waals surface area contributed by atoms with Crippen LogP contribution in [0.4, 0.5) is 0 Å². The molecular formula is C12H25NO3S. The summed E-state index contributed by atoms with van der Waals surface area (Å²) in [4.78, 5) is 0. The molecule has 1 fully saturated rings. The summed E-state index contributed by atoms with van der Waals surface area (Å²) in [6.45, 7) is 6.42. The number of nitrogens with two attached hydrogens (primary N) is 1. The van der Waals surface area contributed by atoms with Crippen molar-refractivity contribution in [3.05, 3.63) is 0 Å². The summed E-state index contributed by atoms with van der Waals surface area (Å²) < 4.78 is 28.1. The lowest BCUT2D eigenvalue weighted by Crippen LogP contribution is -2.36. The Kier molecular flexibility index (Phi) is 4.98. The van der Waals surface area contributed by atoms with E-state index in [0.29, 0.717) is 12.5 Å². The average molecular weight is 263 g/mol. The summed E-state index contributed by atoms with van der Waals surface area (Å²) in [5.74, 6) is 0.551. The van der Waals surface area contributed by atoms with Gasteiger partial charge in [-0.3, -0.25) is 0 Å². The van der Waals surface area contributed by atoms with Crippen LogP contribution in [0.5, 0.6) is 0 Å². The summed E-state index contributed by atoms with van der Waals surface area (Å²) in [5, 5.41) is 5.07. The minimum Gasteiger partial charge on any atom is -0.377 e. The van der Waals surface area contributed by atoms with Crippen molar-refractivity contribution in [3.63, 3.8) is 0 Å². The first-order valence-electron chi connectivity index (χ1n) is 6.32. The molecule has 2 unspecified atom stereocenters. The van der Waals surface area contributed by atoms with Gasteiger partial charge in [0, 0.05) is 5.41 Å². The lowest BCUT2D eigenvalue weighted by molar-refractivity contribution is -0.0354. The normalized spacial score (nSPS) is 27.1. The van der Waals surface area contributed by atoms with Gasteiger partial charge in [0.1, 0.15) is 0 Å². The maximum atomic E-state index is 11.1. The highest BCUT2D eigenvalue weighted by Crippen LogP contribution is 2.28. The van der Waals surface area contributed by atoms with Crippen molar-refractivity contribution in [2.45, 2.75) is 52.6 Å². The van der Waals surface area contributed by atoms with E-state index in [0.717, 1.165) is 6.42 Å². The quantitative estimate of drug-likeness (QED) is 0.823. The van der Waals surface area contributed by atoms with E-state index in [1.54, 1.807) is 0 Å². The number of sulfonamides is 1. The second kappa shape index (κ2) is 5.67. The molecule has 102 valence electrons. The molecule has 17 heavy (non-hydrogen) atoms. The van der Waals surface area contributed by atoms with Crippen LogP contribution in [0.1, 0.15) is 46.5 Å². The van der Waals surface area contributed by atoms with Crippen LogP contribution in [-0.2, 0) is 14.8 Å². The van der Waals surface area contributed by atoms with Crippen molar-refractivity contribution in [1.82, 2.24) is 0 Å². The average Bonchev–Trinajstić information content (AvgIpc) is 2.13. The number of primary sulfonamides is 1. The standard InChI is InChI=1S/C12H25NO3S/c1-10-6-4-5-7-11(10)16-8-12(2,3)9-17(13,14)15/h10-11H,4-9H2,1-3H3,(H2,13,14,15). The van der Waals surface area contributed by atoms with Gasteiger partial charge >= 0.3 is 0 Å². The van der Waals surface area contributed by atoms with Crippen molar-refractivity contribution in [1.29, 1.82) is 0 Å². The van der Waals surface area contributed by atoms with Crippen LogP contribution in [0.25, 0.3) is 0 Å². The van der Waals surface area contributed by atoms with E-state index in [4.69, 9.17) is 9.88 Å². The molecule has 0 bridgehead atoms. The summed E-state index contributed by atoms with van der Waals surface area (Å²) >= 11 is 0. The highest BCUT2D eigenvalue weighted by Gasteiger charge is 2.28. The first-order valence-corrected chi connectivity index (χ1v) is 8.03. The molecule has 0 radical (unpaired) electrons. The van der Waals surface area contributed by atoms with E-state index in [2.05, 4.69) is 6.92 Å². The fraction of sp³-hybridized carbons (Fsp3) is 1.00. The first kappa shape index (κ1) is 14.9. The molecule has 5 heteroatoms. The van der Waals surface area contributed by atoms with Crippen LogP contribution in [-0.4, -0.2) is 26.9 Å². The molecule has 1 aliphatic rings. The third kappa shape index (κ3) is 5.84. The molecule has 0 heterocycles. The van der Waals surface area contributed by atoms with E-state index in [1.807, 2.05) is 13.8 Å². The molecule has 0 aromatic heterocycles. The van der Waals surface area contributed by atoms with Gasteiger partial charge in [-0.25, -0.2) is 13.6 Å². The Bertz CT molecular complexity index is 338. The molecule has 4 nitrogen and oxygen atoms in total. The van der Waals surface area contributed by atoms with E-state index >= 15 is 0 Å². The second-order valence-corrected chi connectivity index (χ2v) is 7.70. The number of ether oxygens (including phenoxy) is 1. The Morgan fingerprint density at radius 3 is 2.41 bits per heavy atom. The number of hydrogen-bond acceptors (Lipinski definition) is 3. The van der Waals surface area contributed by atoms with E-state index in [9.17, 15) is 8.42 Å². The van der Waals surface area contributed by atoms with Crippen LogP contribution in [0, 0.1) is 11.3 Å². The maximum absolute atomic E-state index is 11.1. The van der Waals surface area contributed by atoms with Gasteiger partial charge in [-0.15, -0.1) is 0 Å². The van der Waals surface area contributed by atoms with Gasteiger partial charge in [-0.05, 0) is 18.8 Å². The third-order valence-corrected chi connectivity index (χ3v) is 4.50. The highest BCUT2D eigenvalue weighted by atomic mass is 32.2. The van der Waals surface area contributed by atoms with Crippen LogP contribution in [0.3, 0.4) is 0 Å². The largest absolute Gasteiger partial charge is 0.377 e. The van der Waals surface area contributed by atoms with Gasteiger partial charge in [0.2, 0.25) is 10.0 Å². The predicted octanol–water partition coefficient (Wildman–Crippen LogP) is 1.90. The van der Waals surface area contributed by atoms with Crippen molar-refractivity contribution in [2.75, 3.05) is 12.4 Å². The Balaban J connectivity index is 2.43. The molecule has 0 amide bonds. The van der Waals surface area contributed by atoms with Gasteiger partial charge in [-0.2, -0.15) is 0 Å². The van der Waals surface area contributed by atoms with Gasteiger partial charge in [0.05, 0.1) is 18.5 Å². The van der Waals surface area contributed by atoms with Gasteiger partial charge in [0.15, 0.2) is 0 Å². The SMILES string of the molecule is CC1CCCCC1OCC(C)(C)CS(N)(=O)=O. The monoisotopic (exact) mass is 263 g/mol. The van der Waals surface area contributed by atoms with Crippen molar-refractivity contribution in [2.24, 2.45) is 16.5 Å². The topological polar surface area (TPSA) is 69.4 Å². The Morgan fingerprint density at radius 1 is 1.29 bits per heavy atom. The summed E-state index contributed by atoms with van der Waals surface area (Å²) in [6.07, 6.45) is 5.07. The van der Waals surface area contributed by atoms with Crippen LogP contribution in [0.15, 0.2) is 0 Å². The Labute approximate surface area is 105 Å². The minimum absolute atomic E-state index is 0.0267. The Hall–Kier alpha value is -0.130. The molecule has 2 atom stereocenters. The van der Waals surface area contributed by atoms with E-state index in [1.165, 1.54) is 19.3 Å². The third-order valence-electron chi connectivity index (χ3n) is 3.31. The first-order chi connectivity index (χ1) is 7.70. The lowest BCUT2D eigenvalue weighted by Gasteiger charge is -2.32. The highest BCUT2D eigenvalue weighted by molar-refractivity contribution is 7.89. The summed E-state index contributed by atoms with van der Waals surface area (Å²) in [6, 6.07) is 0. The van der Waals surface area contributed by atoms with Gasteiger partial charge in [0.25, 0.3) is 0 Å². The number of hydrogen-bond donors (Lipinski definition) is 1. The molecule has 0 aromatic rings. The Morgan fingerprint density at radius 2 is 1.88 bits per heavy atom. The molecule has 2 N–H and O–H groups in total. The summed E-state index contributed by atoms with van der Waals surface area (Å²) in [5.41, 5.74) is -0.412. The number of rotatable bonds is 5. The second-order valence-electron chi connectivity index (χ2n) is 6.08. The van der Waals surface area contributed by atoms with Crippen LogP contribution >= 0.6 is 0 Å². The molecule has 0 spiro atoms. The van der Waals surface area contributed by atoms with Crippen molar-refractivity contribution in [3.8, 4) is 0 Å². The molecule has 1 saturated carbocycles. The van der Waals surface area contributed by atoms with E-state index in [-0.39, 0.29) is 11.9 Å².